The summed E-state index contributed by atoms with van der Waals surface area (Å²) in [5, 5.41) is 3.45. The van der Waals surface area contributed by atoms with Gasteiger partial charge in [-0.2, -0.15) is 0 Å². The van der Waals surface area contributed by atoms with Gasteiger partial charge in [0.05, 0.1) is 17.6 Å². The molecule has 1 aromatic rings. The van der Waals surface area contributed by atoms with E-state index in [-0.39, 0.29) is 0 Å². The average Bonchev–Trinajstić information content (AvgIpc) is 2.42. The summed E-state index contributed by atoms with van der Waals surface area (Å²) < 4.78 is 0. The Kier molecular flexibility index (Phi) is 6.57. The molecule has 1 N–H and O–H groups in total. The lowest BCUT2D eigenvalue weighted by molar-refractivity contribution is 0.558. The maximum Gasteiger partial charge on any atom is 0.0572 e. The summed E-state index contributed by atoms with van der Waals surface area (Å²) in [6, 6.07) is 5.01. The first-order valence-corrected chi connectivity index (χ1v) is 7.17. The van der Waals surface area contributed by atoms with E-state index in [1.807, 2.05) is 12.3 Å². The molecular formula is C16H27N3. The molecule has 1 rings (SSSR count). The molecule has 0 saturated heterocycles. The number of pyridine rings is 1. The summed E-state index contributed by atoms with van der Waals surface area (Å²) >= 11 is 0. The van der Waals surface area contributed by atoms with Crippen LogP contribution in [0.2, 0.25) is 0 Å². The molecule has 1 atom stereocenters. The molecule has 0 amide bonds. The first kappa shape index (κ1) is 15.7. The van der Waals surface area contributed by atoms with Crippen molar-refractivity contribution in [1.29, 1.82) is 0 Å². The van der Waals surface area contributed by atoms with E-state index >= 15 is 0 Å². The number of nitrogens with one attached hydrogen (secondary N) is 1. The van der Waals surface area contributed by atoms with Crippen LogP contribution in [0.3, 0.4) is 0 Å². The Morgan fingerprint density at radius 1 is 1.37 bits per heavy atom. The molecule has 0 aliphatic rings. The molecule has 1 heterocycles. The number of hydrogen-bond acceptors (Lipinski definition) is 3. The third-order valence-electron chi connectivity index (χ3n) is 3.20. The highest BCUT2D eigenvalue weighted by molar-refractivity contribution is 5.46. The van der Waals surface area contributed by atoms with E-state index in [1.54, 1.807) is 0 Å². The highest BCUT2D eigenvalue weighted by Crippen LogP contribution is 2.18. The topological polar surface area (TPSA) is 28.2 Å². The van der Waals surface area contributed by atoms with E-state index in [9.17, 15) is 0 Å². The van der Waals surface area contributed by atoms with E-state index in [0.29, 0.717) is 12.1 Å². The van der Waals surface area contributed by atoms with Gasteiger partial charge >= 0.3 is 0 Å². The maximum absolute atomic E-state index is 4.58. The smallest absolute Gasteiger partial charge is 0.0572 e. The third kappa shape index (κ3) is 4.67. The Labute approximate surface area is 117 Å². The van der Waals surface area contributed by atoms with Gasteiger partial charge in [-0.3, -0.25) is 4.98 Å². The van der Waals surface area contributed by atoms with E-state index in [0.717, 1.165) is 30.9 Å². The second-order valence-electron chi connectivity index (χ2n) is 5.15. The van der Waals surface area contributed by atoms with Crippen molar-refractivity contribution >= 4 is 5.69 Å². The van der Waals surface area contributed by atoms with Gasteiger partial charge in [-0.05, 0) is 45.9 Å². The first-order chi connectivity index (χ1) is 9.10. The highest BCUT2D eigenvalue weighted by Gasteiger charge is 2.11. The van der Waals surface area contributed by atoms with Gasteiger partial charge in [0.1, 0.15) is 0 Å². The quantitative estimate of drug-likeness (QED) is 0.725. The largest absolute Gasteiger partial charge is 0.364 e. The third-order valence-corrected chi connectivity index (χ3v) is 3.20. The molecule has 0 fully saturated rings. The number of nitrogens with zero attached hydrogens (tertiary/aromatic N) is 2. The van der Waals surface area contributed by atoms with Crippen LogP contribution < -0.4 is 10.2 Å². The Hall–Kier alpha value is -1.35. The van der Waals surface area contributed by atoms with Crippen molar-refractivity contribution in [2.75, 3.05) is 18.0 Å². The van der Waals surface area contributed by atoms with Gasteiger partial charge in [0.15, 0.2) is 0 Å². The normalized spacial score (nSPS) is 12.5. The van der Waals surface area contributed by atoms with Crippen LogP contribution in [0.1, 0.15) is 45.9 Å². The Morgan fingerprint density at radius 2 is 2.11 bits per heavy atom. The van der Waals surface area contributed by atoms with Crippen molar-refractivity contribution in [3.05, 3.63) is 36.7 Å². The lowest BCUT2D eigenvalue weighted by Gasteiger charge is -2.27. The molecule has 0 radical (unpaired) electrons. The zero-order valence-corrected chi connectivity index (χ0v) is 12.7. The molecular weight excluding hydrogens is 234 g/mol. The van der Waals surface area contributed by atoms with E-state index < -0.39 is 0 Å². The first-order valence-electron chi connectivity index (χ1n) is 7.17. The Bertz CT molecular complexity index is 370. The summed E-state index contributed by atoms with van der Waals surface area (Å²) in [6.45, 7) is 14.4. The summed E-state index contributed by atoms with van der Waals surface area (Å²) in [5.74, 6) is 0. The van der Waals surface area contributed by atoms with Crippen LogP contribution in [0.4, 0.5) is 5.69 Å². The van der Waals surface area contributed by atoms with Crippen molar-refractivity contribution in [1.82, 2.24) is 10.3 Å². The van der Waals surface area contributed by atoms with Crippen molar-refractivity contribution in [3.63, 3.8) is 0 Å². The fourth-order valence-electron chi connectivity index (χ4n) is 2.04. The molecule has 3 nitrogen and oxygen atoms in total. The van der Waals surface area contributed by atoms with Gasteiger partial charge in [0, 0.05) is 18.6 Å². The van der Waals surface area contributed by atoms with E-state index in [2.05, 4.69) is 61.6 Å². The number of rotatable bonds is 8. The van der Waals surface area contributed by atoms with Crippen molar-refractivity contribution in [2.45, 2.75) is 46.2 Å². The molecule has 0 spiro atoms. The second kappa shape index (κ2) is 7.95. The van der Waals surface area contributed by atoms with Crippen LogP contribution in [0.15, 0.2) is 31.0 Å². The van der Waals surface area contributed by atoms with Crippen LogP contribution in [0.25, 0.3) is 0 Å². The predicted molar refractivity (Wildman–Crippen MR) is 83.6 cm³/mol. The summed E-state index contributed by atoms with van der Waals surface area (Å²) in [4.78, 5) is 6.86. The average molecular weight is 261 g/mol. The van der Waals surface area contributed by atoms with Gasteiger partial charge in [-0.25, -0.2) is 0 Å². The molecule has 3 heteroatoms. The standard InChI is InChI=1S/C16H27N3/c1-6-10-17-14(5)16-9-8-15(12-18-16)19(11-7-2)13(3)4/h7-9,12-14,17H,2,6,10-11H2,1,3-5H3. The Morgan fingerprint density at radius 3 is 2.58 bits per heavy atom. The minimum Gasteiger partial charge on any atom is -0.364 e. The molecule has 0 saturated carbocycles. The van der Waals surface area contributed by atoms with E-state index in [4.69, 9.17) is 0 Å². The molecule has 0 aliphatic heterocycles. The van der Waals surface area contributed by atoms with Crippen LogP contribution in [0, 0.1) is 0 Å². The summed E-state index contributed by atoms with van der Waals surface area (Å²) in [6.07, 6.45) is 5.03. The van der Waals surface area contributed by atoms with Gasteiger partial charge in [-0.15, -0.1) is 6.58 Å². The van der Waals surface area contributed by atoms with Gasteiger partial charge in [0.25, 0.3) is 0 Å². The zero-order chi connectivity index (χ0) is 14.3. The maximum atomic E-state index is 4.58. The minimum atomic E-state index is 0.306. The zero-order valence-electron chi connectivity index (χ0n) is 12.7. The molecule has 1 aromatic heterocycles. The lowest BCUT2D eigenvalue weighted by atomic mass is 10.2. The van der Waals surface area contributed by atoms with E-state index in [1.165, 1.54) is 0 Å². The fourth-order valence-corrected chi connectivity index (χ4v) is 2.04. The Balaban J connectivity index is 2.76. The minimum absolute atomic E-state index is 0.306. The van der Waals surface area contributed by atoms with Crippen LogP contribution in [0.5, 0.6) is 0 Å². The van der Waals surface area contributed by atoms with Crippen molar-refractivity contribution in [3.8, 4) is 0 Å². The fraction of sp³-hybridized carbons (Fsp3) is 0.562. The molecule has 0 aliphatic carbocycles. The number of aromatic nitrogens is 1. The molecule has 19 heavy (non-hydrogen) atoms. The van der Waals surface area contributed by atoms with Gasteiger partial charge < -0.3 is 10.2 Å². The monoisotopic (exact) mass is 261 g/mol. The molecule has 0 aromatic carbocycles. The van der Waals surface area contributed by atoms with Crippen LogP contribution in [-0.4, -0.2) is 24.1 Å². The second-order valence-corrected chi connectivity index (χ2v) is 5.15. The number of anilines is 1. The van der Waals surface area contributed by atoms with Crippen molar-refractivity contribution < 1.29 is 0 Å². The summed E-state index contributed by atoms with van der Waals surface area (Å²) in [7, 11) is 0. The summed E-state index contributed by atoms with van der Waals surface area (Å²) in [5.41, 5.74) is 2.25. The van der Waals surface area contributed by atoms with Gasteiger partial charge in [0.2, 0.25) is 0 Å². The molecule has 0 bridgehead atoms. The van der Waals surface area contributed by atoms with Crippen LogP contribution >= 0.6 is 0 Å². The molecule has 106 valence electrons. The number of hydrogen-bond donors (Lipinski definition) is 1. The van der Waals surface area contributed by atoms with Crippen molar-refractivity contribution in [2.24, 2.45) is 0 Å². The predicted octanol–water partition coefficient (Wildman–Crippen LogP) is 3.54. The highest BCUT2D eigenvalue weighted by atomic mass is 15.2. The molecule has 1 unspecified atom stereocenters. The lowest BCUT2D eigenvalue weighted by Crippen LogP contribution is -2.31. The van der Waals surface area contributed by atoms with Crippen LogP contribution in [-0.2, 0) is 0 Å². The van der Waals surface area contributed by atoms with Gasteiger partial charge in [-0.1, -0.05) is 13.0 Å². The SMILES string of the molecule is C=CCN(c1ccc(C(C)NCCC)nc1)C(C)C.